The van der Waals surface area contributed by atoms with E-state index in [1.807, 2.05) is 6.92 Å². The molecule has 0 saturated carbocycles. The molecule has 1 aromatic heterocycles. The van der Waals surface area contributed by atoms with Gasteiger partial charge in [0.05, 0.1) is 6.61 Å². The summed E-state index contributed by atoms with van der Waals surface area (Å²) in [5.74, 6) is 0.810. The molecule has 0 atom stereocenters. The zero-order valence-electron chi connectivity index (χ0n) is 13.0. The summed E-state index contributed by atoms with van der Waals surface area (Å²) in [6, 6.07) is 10.5. The zero-order chi connectivity index (χ0) is 17.4. The third-order valence-corrected chi connectivity index (χ3v) is 2.85. The minimum absolute atomic E-state index is 0.00335. The quantitative estimate of drug-likeness (QED) is 0.802. The standard InChI is InChI=1S/C16H15N5O3/c1-2-7-23-11-3-5-12(6-4-11)24-10-15(22)21-16-19-13(8-17)14(9-18)20-16/h3-6H,2,7,10H2,1H3,(H2,19,20,21,22). The summed E-state index contributed by atoms with van der Waals surface area (Å²) < 4.78 is 10.8. The topological polar surface area (TPSA) is 124 Å². The van der Waals surface area contributed by atoms with Gasteiger partial charge in [0.2, 0.25) is 5.95 Å². The molecule has 2 rings (SSSR count). The van der Waals surface area contributed by atoms with Gasteiger partial charge < -0.3 is 14.5 Å². The van der Waals surface area contributed by atoms with Crippen molar-refractivity contribution in [2.75, 3.05) is 18.5 Å². The Kier molecular flexibility index (Phi) is 5.76. The maximum Gasteiger partial charge on any atom is 0.264 e. The van der Waals surface area contributed by atoms with Crippen molar-refractivity contribution < 1.29 is 14.3 Å². The number of amides is 1. The second kappa shape index (κ2) is 8.20. The maximum atomic E-state index is 11.8. The van der Waals surface area contributed by atoms with Crippen LogP contribution in [0.4, 0.5) is 5.95 Å². The van der Waals surface area contributed by atoms with Crippen molar-refractivity contribution in [2.24, 2.45) is 0 Å². The Hall–Kier alpha value is -3.52. The highest BCUT2D eigenvalue weighted by Gasteiger charge is 2.12. The number of rotatable bonds is 7. The van der Waals surface area contributed by atoms with Crippen molar-refractivity contribution in [2.45, 2.75) is 13.3 Å². The summed E-state index contributed by atoms with van der Waals surface area (Å²) in [7, 11) is 0. The molecular formula is C16H15N5O3. The highest BCUT2D eigenvalue weighted by Crippen LogP contribution is 2.17. The van der Waals surface area contributed by atoms with Crippen molar-refractivity contribution in [3.8, 4) is 23.6 Å². The lowest BCUT2D eigenvalue weighted by Gasteiger charge is -2.08. The van der Waals surface area contributed by atoms with Crippen LogP contribution in [0.1, 0.15) is 24.7 Å². The van der Waals surface area contributed by atoms with E-state index in [1.54, 1.807) is 36.4 Å². The number of aromatic nitrogens is 2. The number of imidazole rings is 1. The van der Waals surface area contributed by atoms with Gasteiger partial charge in [-0.1, -0.05) is 6.92 Å². The van der Waals surface area contributed by atoms with E-state index in [9.17, 15) is 4.79 Å². The molecule has 0 spiro atoms. The van der Waals surface area contributed by atoms with Crippen LogP contribution in [0.3, 0.4) is 0 Å². The minimum Gasteiger partial charge on any atom is -0.494 e. The van der Waals surface area contributed by atoms with Crippen LogP contribution in [0.25, 0.3) is 0 Å². The number of carbonyl (C=O) groups is 1. The Bertz CT molecular complexity index is 752. The lowest BCUT2D eigenvalue weighted by atomic mass is 10.3. The largest absolute Gasteiger partial charge is 0.494 e. The number of benzene rings is 1. The first-order valence-corrected chi connectivity index (χ1v) is 7.22. The Morgan fingerprint density at radius 2 is 1.88 bits per heavy atom. The summed E-state index contributed by atoms with van der Waals surface area (Å²) in [6.45, 7) is 2.43. The number of ether oxygens (including phenoxy) is 2. The summed E-state index contributed by atoms with van der Waals surface area (Å²) in [4.78, 5) is 18.1. The van der Waals surface area contributed by atoms with E-state index in [-0.39, 0.29) is 23.9 Å². The number of nitrogens with one attached hydrogen (secondary N) is 2. The van der Waals surface area contributed by atoms with Crippen LogP contribution in [0.5, 0.6) is 11.5 Å². The molecule has 1 amide bonds. The molecule has 0 aliphatic heterocycles. The highest BCUT2D eigenvalue weighted by molar-refractivity contribution is 5.90. The lowest BCUT2D eigenvalue weighted by molar-refractivity contribution is -0.118. The average Bonchev–Trinajstić information content (AvgIpc) is 3.01. The number of hydrogen-bond donors (Lipinski definition) is 2. The van der Waals surface area contributed by atoms with Gasteiger partial charge in [0.1, 0.15) is 23.6 Å². The number of carbonyl (C=O) groups excluding carboxylic acids is 1. The number of nitriles is 2. The number of anilines is 1. The molecule has 0 fully saturated rings. The Labute approximate surface area is 138 Å². The van der Waals surface area contributed by atoms with Crippen LogP contribution in [0.2, 0.25) is 0 Å². The second-order valence-corrected chi connectivity index (χ2v) is 4.69. The van der Waals surface area contributed by atoms with Gasteiger partial charge in [0, 0.05) is 0 Å². The summed E-state index contributed by atoms with van der Waals surface area (Å²) in [5, 5.41) is 20.0. The van der Waals surface area contributed by atoms with E-state index in [1.165, 1.54) is 0 Å². The van der Waals surface area contributed by atoms with Crippen LogP contribution >= 0.6 is 0 Å². The predicted octanol–water partition coefficient (Wildman–Crippen LogP) is 1.96. The van der Waals surface area contributed by atoms with Crippen molar-refractivity contribution in [3.05, 3.63) is 35.7 Å². The van der Waals surface area contributed by atoms with Crippen LogP contribution in [0.15, 0.2) is 24.3 Å². The van der Waals surface area contributed by atoms with E-state index in [0.29, 0.717) is 12.4 Å². The van der Waals surface area contributed by atoms with Crippen LogP contribution in [-0.4, -0.2) is 29.1 Å². The SMILES string of the molecule is CCCOc1ccc(OCC(=O)Nc2nc(C#N)c(C#N)[nH]2)cc1. The molecule has 0 radical (unpaired) electrons. The normalized spacial score (nSPS) is 9.62. The maximum absolute atomic E-state index is 11.8. The molecule has 8 heteroatoms. The van der Waals surface area contributed by atoms with Crippen molar-refractivity contribution >= 4 is 11.9 Å². The first-order valence-electron chi connectivity index (χ1n) is 7.22. The van der Waals surface area contributed by atoms with Crippen molar-refractivity contribution in [1.29, 1.82) is 10.5 Å². The van der Waals surface area contributed by atoms with Gasteiger partial charge in [-0.15, -0.1) is 0 Å². The summed E-state index contributed by atoms with van der Waals surface area (Å²) in [5.41, 5.74) is -0.0761. The van der Waals surface area contributed by atoms with Crippen molar-refractivity contribution in [3.63, 3.8) is 0 Å². The Morgan fingerprint density at radius 1 is 1.21 bits per heavy atom. The highest BCUT2D eigenvalue weighted by atomic mass is 16.5. The number of hydrogen-bond acceptors (Lipinski definition) is 6. The third kappa shape index (κ3) is 4.49. The van der Waals surface area contributed by atoms with E-state index in [2.05, 4.69) is 15.3 Å². The molecule has 24 heavy (non-hydrogen) atoms. The lowest BCUT2D eigenvalue weighted by Crippen LogP contribution is -2.20. The molecular weight excluding hydrogens is 310 g/mol. The van der Waals surface area contributed by atoms with Gasteiger partial charge in [0.25, 0.3) is 5.91 Å². The fourth-order valence-electron chi connectivity index (χ4n) is 1.76. The van der Waals surface area contributed by atoms with Gasteiger partial charge in [-0.3, -0.25) is 10.1 Å². The molecule has 2 N–H and O–H groups in total. The molecule has 0 saturated heterocycles. The van der Waals surface area contributed by atoms with Gasteiger partial charge in [-0.05, 0) is 30.7 Å². The number of aromatic amines is 1. The zero-order valence-corrected chi connectivity index (χ0v) is 13.0. The smallest absolute Gasteiger partial charge is 0.264 e. The van der Waals surface area contributed by atoms with Gasteiger partial charge in [-0.25, -0.2) is 4.98 Å². The average molecular weight is 325 g/mol. The molecule has 0 bridgehead atoms. The molecule has 2 aromatic rings. The predicted molar refractivity (Wildman–Crippen MR) is 84.4 cm³/mol. The Morgan fingerprint density at radius 3 is 2.42 bits per heavy atom. The van der Waals surface area contributed by atoms with E-state index < -0.39 is 5.91 Å². The first kappa shape index (κ1) is 16.8. The van der Waals surface area contributed by atoms with Crippen LogP contribution < -0.4 is 14.8 Å². The van der Waals surface area contributed by atoms with Crippen LogP contribution in [0, 0.1) is 22.7 Å². The summed E-state index contributed by atoms with van der Waals surface area (Å²) >= 11 is 0. The molecule has 0 aliphatic rings. The molecule has 1 heterocycles. The molecule has 1 aromatic carbocycles. The first-order chi connectivity index (χ1) is 11.7. The van der Waals surface area contributed by atoms with Gasteiger partial charge in [-0.2, -0.15) is 10.5 Å². The van der Waals surface area contributed by atoms with Gasteiger partial charge in [0.15, 0.2) is 18.0 Å². The minimum atomic E-state index is -0.468. The molecule has 8 nitrogen and oxygen atoms in total. The number of nitrogens with zero attached hydrogens (tertiary/aromatic N) is 3. The Balaban J connectivity index is 1.86. The van der Waals surface area contributed by atoms with E-state index >= 15 is 0 Å². The monoisotopic (exact) mass is 325 g/mol. The molecule has 0 aliphatic carbocycles. The van der Waals surface area contributed by atoms with Crippen molar-refractivity contribution in [1.82, 2.24) is 9.97 Å². The van der Waals surface area contributed by atoms with E-state index in [4.69, 9.17) is 20.0 Å². The summed E-state index contributed by atoms with van der Waals surface area (Å²) in [6.07, 6.45) is 0.923. The van der Waals surface area contributed by atoms with E-state index in [0.717, 1.165) is 12.2 Å². The molecule has 0 unspecified atom stereocenters. The van der Waals surface area contributed by atoms with Gasteiger partial charge >= 0.3 is 0 Å². The molecule has 122 valence electrons. The second-order valence-electron chi connectivity index (χ2n) is 4.69. The number of H-pyrrole nitrogens is 1. The van der Waals surface area contributed by atoms with Crippen LogP contribution in [-0.2, 0) is 4.79 Å². The third-order valence-electron chi connectivity index (χ3n) is 2.85. The fourth-order valence-corrected chi connectivity index (χ4v) is 1.76. The fraction of sp³-hybridized carbons (Fsp3) is 0.250.